The number of carboxylic acid groups (broad SMARTS) is 1. The van der Waals surface area contributed by atoms with Crippen molar-refractivity contribution in [2.75, 3.05) is 36.5 Å². The second-order valence-electron chi connectivity index (χ2n) is 8.24. The van der Waals surface area contributed by atoms with Crippen molar-refractivity contribution in [1.29, 1.82) is 0 Å². The number of nitrogens with one attached hydrogen (secondary N) is 1. The molecule has 33 heavy (non-hydrogen) atoms. The van der Waals surface area contributed by atoms with Crippen molar-refractivity contribution in [3.63, 3.8) is 0 Å². The van der Waals surface area contributed by atoms with Gasteiger partial charge in [0.05, 0.1) is 29.7 Å². The summed E-state index contributed by atoms with van der Waals surface area (Å²) in [6.45, 7) is 4.35. The van der Waals surface area contributed by atoms with Crippen molar-refractivity contribution < 1.29 is 19.4 Å². The smallest absolute Gasteiger partial charge is 0.308 e. The van der Waals surface area contributed by atoms with E-state index in [1.165, 1.54) is 11.3 Å². The maximum atomic E-state index is 11.4. The second kappa shape index (κ2) is 9.05. The first-order valence-electron chi connectivity index (χ1n) is 10.9. The van der Waals surface area contributed by atoms with E-state index in [9.17, 15) is 9.90 Å². The highest BCUT2D eigenvalue weighted by atomic mass is 32.1. The fraction of sp³-hybridized carbons (Fsp3) is 0.391. The van der Waals surface area contributed by atoms with Crippen LogP contribution in [0.25, 0.3) is 10.6 Å². The lowest BCUT2D eigenvalue weighted by molar-refractivity contribution is -0.149. The molecule has 5 rings (SSSR count). The molecular weight excluding hydrogens is 442 g/mol. The lowest BCUT2D eigenvalue weighted by atomic mass is 9.99. The number of ether oxygens (including phenoxy) is 2. The fourth-order valence-electron chi connectivity index (χ4n) is 4.12. The van der Waals surface area contributed by atoms with Crippen LogP contribution in [0.3, 0.4) is 0 Å². The molecule has 1 atom stereocenters. The standard InChI is InChI=1S/C23H25N5O4S/c1-23(31-10-11-32-23)16-7-8-24-20(12-16)27-19-6-2-5-17(26-19)18-13-25-22(33-18)28-9-3-4-15(14-28)21(29)30/h2,5-8,12-13,15H,3-4,9-11,14H2,1H3,(H,29,30)(H,24,26,27). The SMILES string of the molecule is CC1(c2ccnc(Nc3cccc(-c4cnc(N5CCCC(C(=O)O)C5)s4)n3)c2)OCCO1. The molecule has 2 aliphatic rings. The number of aliphatic carboxylic acids is 1. The molecule has 0 amide bonds. The molecule has 9 nitrogen and oxygen atoms in total. The Kier molecular flexibility index (Phi) is 5.96. The van der Waals surface area contributed by atoms with Gasteiger partial charge in [-0.3, -0.25) is 4.79 Å². The molecule has 5 heterocycles. The van der Waals surface area contributed by atoms with E-state index in [0.717, 1.165) is 34.2 Å². The second-order valence-corrected chi connectivity index (χ2v) is 9.25. The predicted molar refractivity (Wildman–Crippen MR) is 125 cm³/mol. The van der Waals surface area contributed by atoms with E-state index in [2.05, 4.69) is 20.2 Å². The van der Waals surface area contributed by atoms with E-state index in [4.69, 9.17) is 14.5 Å². The minimum Gasteiger partial charge on any atom is -0.481 e. The monoisotopic (exact) mass is 467 g/mol. The van der Waals surface area contributed by atoms with Gasteiger partial charge < -0.3 is 24.8 Å². The van der Waals surface area contributed by atoms with Gasteiger partial charge in [-0.1, -0.05) is 17.4 Å². The molecule has 0 bridgehead atoms. The van der Waals surface area contributed by atoms with Gasteiger partial charge in [-0.2, -0.15) is 0 Å². The quantitative estimate of drug-likeness (QED) is 0.558. The predicted octanol–water partition coefficient (Wildman–Crippen LogP) is 3.86. The Morgan fingerprint density at radius 3 is 2.91 bits per heavy atom. The topological polar surface area (TPSA) is 110 Å². The summed E-state index contributed by atoms with van der Waals surface area (Å²) in [4.78, 5) is 28.0. The lowest BCUT2D eigenvalue weighted by Crippen LogP contribution is -2.38. The van der Waals surface area contributed by atoms with Crippen LogP contribution < -0.4 is 10.2 Å². The van der Waals surface area contributed by atoms with Crippen molar-refractivity contribution in [2.45, 2.75) is 25.6 Å². The molecule has 10 heteroatoms. The van der Waals surface area contributed by atoms with Crippen LogP contribution in [0.5, 0.6) is 0 Å². The Balaban J connectivity index is 1.32. The number of rotatable bonds is 6. The summed E-state index contributed by atoms with van der Waals surface area (Å²) in [5.41, 5.74) is 1.68. The summed E-state index contributed by atoms with van der Waals surface area (Å²) >= 11 is 1.52. The Morgan fingerprint density at radius 1 is 1.24 bits per heavy atom. The number of pyridine rings is 2. The molecule has 2 N–H and O–H groups in total. The highest BCUT2D eigenvalue weighted by Gasteiger charge is 2.33. The van der Waals surface area contributed by atoms with Crippen molar-refractivity contribution in [1.82, 2.24) is 15.0 Å². The highest BCUT2D eigenvalue weighted by Crippen LogP contribution is 2.34. The van der Waals surface area contributed by atoms with Gasteiger partial charge in [0, 0.05) is 31.0 Å². The zero-order valence-electron chi connectivity index (χ0n) is 18.2. The Morgan fingerprint density at radius 2 is 2.09 bits per heavy atom. The van der Waals surface area contributed by atoms with E-state index in [1.807, 2.05) is 37.3 Å². The lowest BCUT2D eigenvalue weighted by Gasteiger charge is -2.30. The average Bonchev–Trinajstić information content (AvgIpc) is 3.50. The number of hydrogen-bond donors (Lipinski definition) is 2. The number of thiazole rings is 1. The molecular formula is C23H25N5O4S. The third kappa shape index (κ3) is 4.68. The summed E-state index contributed by atoms with van der Waals surface area (Å²) in [7, 11) is 0. The summed E-state index contributed by atoms with van der Waals surface area (Å²) in [6.07, 6.45) is 5.08. The molecule has 2 aliphatic heterocycles. The summed E-state index contributed by atoms with van der Waals surface area (Å²) in [6, 6.07) is 9.53. The van der Waals surface area contributed by atoms with E-state index in [-0.39, 0.29) is 5.92 Å². The Hall–Kier alpha value is -3.08. The van der Waals surface area contributed by atoms with Crippen LogP contribution in [0.4, 0.5) is 16.8 Å². The highest BCUT2D eigenvalue weighted by molar-refractivity contribution is 7.18. The number of carbonyl (C=O) groups is 1. The number of aromatic nitrogens is 3. The molecule has 0 spiro atoms. The fourth-order valence-corrected chi connectivity index (χ4v) is 5.04. The third-order valence-electron chi connectivity index (χ3n) is 5.91. The maximum absolute atomic E-state index is 11.4. The molecule has 0 aliphatic carbocycles. The minimum absolute atomic E-state index is 0.345. The normalized spacial score (nSPS) is 20.0. The molecule has 3 aromatic rings. The molecule has 172 valence electrons. The van der Waals surface area contributed by atoms with E-state index < -0.39 is 11.8 Å². The molecule has 0 radical (unpaired) electrons. The van der Waals surface area contributed by atoms with Crippen LogP contribution in [0.2, 0.25) is 0 Å². The van der Waals surface area contributed by atoms with Crippen LogP contribution >= 0.6 is 11.3 Å². The van der Waals surface area contributed by atoms with Gasteiger partial charge in [-0.15, -0.1) is 0 Å². The van der Waals surface area contributed by atoms with Gasteiger partial charge >= 0.3 is 5.97 Å². The molecule has 3 aromatic heterocycles. The first-order valence-corrected chi connectivity index (χ1v) is 11.7. The third-order valence-corrected chi connectivity index (χ3v) is 7.00. The number of nitrogens with zero attached hydrogens (tertiary/aromatic N) is 4. The van der Waals surface area contributed by atoms with Crippen molar-refractivity contribution in [2.24, 2.45) is 5.92 Å². The van der Waals surface area contributed by atoms with E-state index >= 15 is 0 Å². The molecule has 0 saturated carbocycles. The number of piperidine rings is 1. The number of carboxylic acids is 1. The van der Waals surface area contributed by atoms with E-state index in [1.54, 1.807) is 12.4 Å². The summed E-state index contributed by atoms with van der Waals surface area (Å²) < 4.78 is 11.5. The summed E-state index contributed by atoms with van der Waals surface area (Å²) in [5.74, 6) is -0.538. The van der Waals surface area contributed by atoms with Crippen LogP contribution in [0.15, 0.2) is 42.7 Å². The molecule has 2 fully saturated rings. The molecule has 1 unspecified atom stereocenters. The number of hydrogen-bond acceptors (Lipinski definition) is 9. The van der Waals surface area contributed by atoms with Gasteiger partial charge in [0.15, 0.2) is 10.9 Å². The van der Waals surface area contributed by atoms with Crippen LogP contribution in [0.1, 0.15) is 25.3 Å². The maximum Gasteiger partial charge on any atom is 0.308 e. The van der Waals surface area contributed by atoms with Gasteiger partial charge in [-0.25, -0.2) is 15.0 Å². The average molecular weight is 468 g/mol. The van der Waals surface area contributed by atoms with Crippen molar-refractivity contribution >= 4 is 34.1 Å². The number of anilines is 3. The van der Waals surface area contributed by atoms with Crippen LogP contribution in [-0.2, 0) is 20.1 Å². The van der Waals surface area contributed by atoms with E-state index in [0.29, 0.717) is 37.8 Å². The van der Waals surface area contributed by atoms with Gasteiger partial charge in [0.1, 0.15) is 11.6 Å². The van der Waals surface area contributed by atoms with Gasteiger partial charge in [0.2, 0.25) is 0 Å². The summed E-state index contributed by atoms with van der Waals surface area (Å²) in [5, 5.41) is 13.4. The minimum atomic E-state index is -0.762. The molecule has 0 aromatic carbocycles. The van der Waals surface area contributed by atoms with Crippen molar-refractivity contribution in [3.8, 4) is 10.6 Å². The molecule has 2 saturated heterocycles. The zero-order valence-corrected chi connectivity index (χ0v) is 19.0. The largest absolute Gasteiger partial charge is 0.481 e. The first-order chi connectivity index (χ1) is 16.0. The van der Waals surface area contributed by atoms with Crippen molar-refractivity contribution in [3.05, 3.63) is 48.3 Å². The first kappa shape index (κ1) is 21.7. The Bertz CT molecular complexity index is 1150. The Labute approximate surface area is 195 Å². The van der Waals surface area contributed by atoms with Crippen LogP contribution in [-0.4, -0.2) is 52.3 Å². The van der Waals surface area contributed by atoms with Crippen LogP contribution in [0, 0.1) is 5.92 Å². The van der Waals surface area contributed by atoms with Gasteiger partial charge in [-0.05, 0) is 44.0 Å². The zero-order chi connectivity index (χ0) is 22.8. The van der Waals surface area contributed by atoms with Gasteiger partial charge in [0.25, 0.3) is 0 Å².